The number of nitrogen functional groups attached to an aromatic ring is 1. The number of ether oxygens (including phenoxy) is 2. The number of carbonyl (C=O) groups excluding carboxylic acids is 1. The summed E-state index contributed by atoms with van der Waals surface area (Å²) in [4.78, 5) is 29.3. The molecule has 166 valence electrons. The third kappa shape index (κ3) is 4.73. The zero-order chi connectivity index (χ0) is 22.7. The highest BCUT2D eigenvalue weighted by molar-refractivity contribution is 5.85. The summed E-state index contributed by atoms with van der Waals surface area (Å²) < 4.78 is 12.0. The highest BCUT2D eigenvalue weighted by Gasteiger charge is 2.20. The van der Waals surface area contributed by atoms with Gasteiger partial charge in [0.15, 0.2) is 5.82 Å². The molecule has 4 N–H and O–H groups in total. The number of amides is 1. The number of rotatable bonds is 5. The van der Waals surface area contributed by atoms with Crippen molar-refractivity contribution in [2.24, 2.45) is 7.05 Å². The Kier molecular flexibility index (Phi) is 6.09. The second-order valence-corrected chi connectivity index (χ2v) is 7.63. The first-order valence-corrected chi connectivity index (χ1v) is 10.3. The van der Waals surface area contributed by atoms with Crippen molar-refractivity contribution in [2.75, 3.05) is 29.6 Å². The van der Waals surface area contributed by atoms with E-state index in [2.05, 4.69) is 15.6 Å². The van der Waals surface area contributed by atoms with Crippen molar-refractivity contribution in [2.45, 2.75) is 19.4 Å². The van der Waals surface area contributed by atoms with Gasteiger partial charge in [0.1, 0.15) is 6.10 Å². The van der Waals surface area contributed by atoms with E-state index in [0.29, 0.717) is 42.4 Å². The molecule has 1 saturated heterocycles. The van der Waals surface area contributed by atoms with E-state index in [9.17, 15) is 9.59 Å². The molecule has 1 atom stereocenters. The Morgan fingerprint density at radius 1 is 1.25 bits per heavy atom. The van der Waals surface area contributed by atoms with E-state index in [1.54, 1.807) is 37.5 Å². The SMILES string of the molecule is Cc1c(N)cccc1-c1cn(C)c(=O)c(Nc2cccc(NC(=O)OC3CCOC3)c2)n1. The van der Waals surface area contributed by atoms with E-state index < -0.39 is 6.09 Å². The van der Waals surface area contributed by atoms with Crippen LogP contribution in [0.3, 0.4) is 0 Å². The van der Waals surface area contributed by atoms with Gasteiger partial charge in [-0.1, -0.05) is 18.2 Å². The Balaban J connectivity index is 1.55. The lowest BCUT2D eigenvalue weighted by Gasteiger charge is -2.14. The van der Waals surface area contributed by atoms with Crippen LogP contribution in [0.15, 0.2) is 53.5 Å². The van der Waals surface area contributed by atoms with Gasteiger partial charge in [0, 0.05) is 42.3 Å². The molecular weight excluding hydrogens is 410 g/mol. The zero-order valence-corrected chi connectivity index (χ0v) is 17.9. The van der Waals surface area contributed by atoms with E-state index in [1.807, 2.05) is 25.1 Å². The minimum Gasteiger partial charge on any atom is -0.443 e. The van der Waals surface area contributed by atoms with Gasteiger partial charge in [0.25, 0.3) is 5.56 Å². The summed E-state index contributed by atoms with van der Waals surface area (Å²) in [7, 11) is 1.67. The summed E-state index contributed by atoms with van der Waals surface area (Å²) in [6, 6.07) is 12.6. The molecule has 0 spiro atoms. The van der Waals surface area contributed by atoms with Crippen LogP contribution in [0, 0.1) is 6.92 Å². The second kappa shape index (κ2) is 9.11. The third-order valence-electron chi connectivity index (χ3n) is 5.26. The minimum atomic E-state index is -0.550. The van der Waals surface area contributed by atoms with Crippen LogP contribution in [-0.2, 0) is 16.5 Å². The molecule has 0 bridgehead atoms. The molecule has 1 fully saturated rings. The summed E-state index contributed by atoms with van der Waals surface area (Å²) in [5.74, 6) is 0.162. The number of nitrogens with zero attached hydrogens (tertiary/aromatic N) is 2. The Morgan fingerprint density at radius 2 is 2.03 bits per heavy atom. The second-order valence-electron chi connectivity index (χ2n) is 7.63. The van der Waals surface area contributed by atoms with Gasteiger partial charge in [-0.15, -0.1) is 0 Å². The predicted molar refractivity (Wildman–Crippen MR) is 123 cm³/mol. The van der Waals surface area contributed by atoms with Gasteiger partial charge in [-0.2, -0.15) is 0 Å². The molecule has 9 heteroatoms. The van der Waals surface area contributed by atoms with Crippen LogP contribution in [-0.4, -0.2) is 35.0 Å². The monoisotopic (exact) mass is 435 g/mol. The predicted octanol–water partition coefficient (Wildman–Crippen LogP) is 3.42. The molecule has 2 aromatic carbocycles. The van der Waals surface area contributed by atoms with Crippen molar-refractivity contribution in [3.8, 4) is 11.3 Å². The number of aromatic nitrogens is 2. The highest BCUT2D eigenvalue weighted by Crippen LogP contribution is 2.26. The maximum Gasteiger partial charge on any atom is 0.411 e. The first kappa shape index (κ1) is 21.4. The maximum atomic E-state index is 12.7. The first-order valence-electron chi connectivity index (χ1n) is 10.3. The maximum absolute atomic E-state index is 12.7. The molecule has 32 heavy (non-hydrogen) atoms. The molecule has 0 radical (unpaired) electrons. The Hall–Kier alpha value is -3.85. The topological polar surface area (TPSA) is 121 Å². The van der Waals surface area contributed by atoms with Crippen LogP contribution in [0.25, 0.3) is 11.3 Å². The number of carbonyl (C=O) groups is 1. The van der Waals surface area contributed by atoms with E-state index in [1.165, 1.54) is 4.57 Å². The van der Waals surface area contributed by atoms with Crippen molar-refractivity contribution >= 4 is 29.0 Å². The molecule has 1 unspecified atom stereocenters. The van der Waals surface area contributed by atoms with E-state index in [4.69, 9.17) is 15.2 Å². The molecule has 4 rings (SSSR count). The molecule has 1 aliphatic heterocycles. The van der Waals surface area contributed by atoms with Gasteiger partial charge in [0.2, 0.25) is 0 Å². The van der Waals surface area contributed by atoms with Gasteiger partial charge in [0.05, 0.1) is 18.9 Å². The smallest absolute Gasteiger partial charge is 0.411 e. The molecule has 9 nitrogen and oxygen atoms in total. The molecule has 3 aromatic rings. The van der Waals surface area contributed by atoms with E-state index >= 15 is 0 Å². The summed E-state index contributed by atoms with van der Waals surface area (Å²) in [6.45, 7) is 2.91. The minimum absolute atomic E-state index is 0.162. The van der Waals surface area contributed by atoms with Crippen LogP contribution >= 0.6 is 0 Å². The van der Waals surface area contributed by atoms with Crippen LogP contribution in [0.1, 0.15) is 12.0 Å². The van der Waals surface area contributed by atoms with Gasteiger partial charge in [-0.25, -0.2) is 9.78 Å². The van der Waals surface area contributed by atoms with Crippen LogP contribution < -0.4 is 21.9 Å². The van der Waals surface area contributed by atoms with Crippen molar-refractivity contribution < 1.29 is 14.3 Å². The van der Waals surface area contributed by atoms with Crippen molar-refractivity contribution in [1.29, 1.82) is 0 Å². The average molecular weight is 435 g/mol. The van der Waals surface area contributed by atoms with Gasteiger partial charge in [-0.3, -0.25) is 10.1 Å². The van der Waals surface area contributed by atoms with Crippen molar-refractivity contribution in [3.63, 3.8) is 0 Å². The van der Waals surface area contributed by atoms with Crippen molar-refractivity contribution in [1.82, 2.24) is 9.55 Å². The number of hydrogen-bond acceptors (Lipinski definition) is 7. The number of anilines is 4. The zero-order valence-electron chi connectivity index (χ0n) is 17.9. The highest BCUT2D eigenvalue weighted by atomic mass is 16.6. The molecule has 1 aliphatic rings. The lowest BCUT2D eigenvalue weighted by atomic mass is 10.0. The van der Waals surface area contributed by atoms with E-state index in [-0.39, 0.29) is 17.5 Å². The fourth-order valence-corrected chi connectivity index (χ4v) is 3.46. The molecule has 0 aliphatic carbocycles. The average Bonchev–Trinajstić information content (AvgIpc) is 3.26. The summed E-state index contributed by atoms with van der Waals surface area (Å²) in [5, 5.41) is 5.75. The van der Waals surface area contributed by atoms with Gasteiger partial charge in [-0.05, 0) is 36.8 Å². The number of benzene rings is 2. The number of hydrogen-bond donors (Lipinski definition) is 3. The summed E-state index contributed by atoms with van der Waals surface area (Å²) >= 11 is 0. The molecule has 1 amide bonds. The fourth-order valence-electron chi connectivity index (χ4n) is 3.46. The van der Waals surface area contributed by atoms with Crippen LogP contribution in [0.2, 0.25) is 0 Å². The van der Waals surface area contributed by atoms with Crippen LogP contribution in [0.5, 0.6) is 0 Å². The quantitative estimate of drug-likeness (QED) is 0.525. The van der Waals surface area contributed by atoms with Gasteiger partial charge >= 0.3 is 6.09 Å². The van der Waals surface area contributed by atoms with E-state index in [0.717, 1.165) is 11.1 Å². The van der Waals surface area contributed by atoms with Gasteiger partial charge < -0.3 is 25.1 Å². The Bertz CT molecular complexity index is 1200. The molecule has 0 saturated carbocycles. The third-order valence-corrected chi connectivity index (χ3v) is 5.26. The fraction of sp³-hybridized carbons (Fsp3) is 0.261. The number of aryl methyl sites for hydroxylation is 1. The molecule has 1 aromatic heterocycles. The Morgan fingerprint density at radius 3 is 2.81 bits per heavy atom. The standard InChI is InChI=1S/C23H25N5O4/c1-14-18(7-4-8-19(14)24)20-12-28(2)22(29)21(27-20)25-15-5-3-6-16(11-15)26-23(30)32-17-9-10-31-13-17/h3-8,11-12,17H,9-10,13,24H2,1-2H3,(H,25,27)(H,26,30). The summed E-state index contributed by atoms with van der Waals surface area (Å²) in [6.07, 6.45) is 1.58. The Labute approximate surface area is 185 Å². The molecule has 2 heterocycles. The van der Waals surface area contributed by atoms with Crippen molar-refractivity contribution in [3.05, 3.63) is 64.6 Å². The van der Waals surface area contributed by atoms with Crippen LogP contribution in [0.4, 0.5) is 27.7 Å². The summed E-state index contributed by atoms with van der Waals surface area (Å²) in [5.41, 5.74) is 9.88. The first-order chi connectivity index (χ1) is 15.4. The lowest BCUT2D eigenvalue weighted by Crippen LogP contribution is -2.22. The normalized spacial score (nSPS) is 15.4. The number of nitrogens with one attached hydrogen (secondary N) is 2. The lowest BCUT2D eigenvalue weighted by molar-refractivity contribution is 0.0932. The molecular formula is C23H25N5O4. The largest absolute Gasteiger partial charge is 0.443 e. The number of nitrogens with two attached hydrogens (primary N) is 1.